The van der Waals surface area contributed by atoms with Crippen LogP contribution in [0.1, 0.15) is 27.5 Å². The van der Waals surface area contributed by atoms with Gasteiger partial charge in [0.2, 0.25) is 10.0 Å². The molecule has 1 fully saturated rings. The van der Waals surface area contributed by atoms with E-state index in [-0.39, 0.29) is 53.9 Å². The van der Waals surface area contributed by atoms with Crippen molar-refractivity contribution in [3.05, 3.63) is 53.2 Å². The monoisotopic (exact) mass is 484 g/mol. The molecule has 3 aromatic rings. The molecule has 1 aliphatic rings. The normalized spacial score (nSPS) is 15.7. The minimum atomic E-state index is -4.60. The molecule has 0 radical (unpaired) electrons. The number of piperazine rings is 1. The van der Waals surface area contributed by atoms with Gasteiger partial charge in [0.25, 0.3) is 5.91 Å². The highest BCUT2D eigenvalue weighted by Gasteiger charge is 2.36. The number of aryl methyl sites for hydroxylation is 2. The Morgan fingerprint density at radius 3 is 2.36 bits per heavy atom. The maximum Gasteiger partial charge on any atom is 0.418 e. The number of carbonyl (C=O) groups is 1. The molecule has 4 rings (SSSR count). The number of carbonyl (C=O) groups excluding carboxylic acids is 1. The molecule has 0 bridgehead atoms. The van der Waals surface area contributed by atoms with Gasteiger partial charge in [0, 0.05) is 26.2 Å². The van der Waals surface area contributed by atoms with Crippen LogP contribution in [0.15, 0.2) is 39.9 Å². The fourth-order valence-corrected chi connectivity index (χ4v) is 5.37. The summed E-state index contributed by atoms with van der Waals surface area (Å²) in [7, 11) is -3.84. The van der Waals surface area contributed by atoms with E-state index in [9.17, 15) is 26.4 Å². The van der Waals surface area contributed by atoms with Gasteiger partial charge in [-0.15, -0.1) is 5.10 Å². The van der Waals surface area contributed by atoms with Gasteiger partial charge in [0.05, 0.1) is 17.4 Å². The van der Waals surface area contributed by atoms with Crippen LogP contribution in [-0.4, -0.2) is 69.9 Å². The Morgan fingerprint density at radius 2 is 1.76 bits per heavy atom. The van der Waals surface area contributed by atoms with E-state index in [2.05, 4.69) is 15.5 Å². The molecule has 33 heavy (non-hydrogen) atoms. The van der Waals surface area contributed by atoms with Gasteiger partial charge in [-0.25, -0.2) is 13.1 Å². The average molecular weight is 484 g/mol. The number of benzene rings is 1. The lowest BCUT2D eigenvalue weighted by molar-refractivity contribution is -0.137. The van der Waals surface area contributed by atoms with Gasteiger partial charge in [-0.1, -0.05) is 22.5 Å². The summed E-state index contributed by atoms with van der Waals surface area (Å²) in [5.41, 5.74) is -1.06. The SMILES string of the molecule is Cc1noc(C)c1S(=O)(=O)N1CCN(C(=O)c2cn(-c3ccccc3C(F)(F)F)nn2)CC1. The molecule has 0 atom stereocenters. The van der Waals surface area contributed by atoms with E-state index >= 15 is 0 Å². The molecule has 0 N–H and O–H groups in total. The van der Waals surface area contributed by atoms with E-state index in [0.717, 1.165) is 16.9 Å². The maximum atomic E-state index is 13.3. The first-order chi connectivity index (χ1) is 15.5. The van der Waals surface area contributed by atoms with Crippen LogP contribution >= 0.6 is 0 Å². The zero-order valence-corrected chi connectivity index (χ0v) is 18.4. The number of amides is 1. The molecule has 1 aliphatic heterocycles. The van der Waals surface area contributed by atoms with E-state index in [1.807, 2.05) is 0 Å². The number of hydrogen-bond acceptors (Lipinski definition) is 7. The van der Waals surface area contributed by atoms with Crippen molar-refractivity contribution in [2.75, 3.05) is 26.2 Å². The quantitative estimate of drug-likeness (QED) is 0.557. The highest BCUT2D eigenvalue weighted by atomic mass is 32.2. The Hall–Kier alpha value is -3.26. The van der Waals surface area contributed by atoms with Crippen molar-refractivity contribution in [2.24, 2.45) is 0 Å². The summed E-state index contributed by atoms with van der Waals surface area (Å²) in [4.78, 5) is 14.2. The van der Waals surface area contributed by atoms with Gasteiger partial charge in [-0.3, -0.25) is 4.79 Å². The summed E-state index contributed by atoms with van der Waals surface area (Å²) in [6.45, 7) is 3.25. The van der Waals surface area contributed by atoms with Crippen molar-refractivity contribution in [3.63, 3.8) is 0 Å². The second kappa shape index (κ2) is 8.26. The predicted molar refractivity (Wildman–Crippen MR) is 107 cm³/mol. The van der Waals surface area contributed by atoms with Crippen LogP contribution in [0, 0.1) is 13.8 Å². The maximum absolute atomic E-state index is 13.3. The number of nitrogens with zero attached hydrogens (tertiary/aromatic N) is 6. The molecule has 10 nitrogen and oxygen atoms in total. The van der Waals surface area contributed by atoms with Crippen molar-refractivity contribution >= 4 is 15.9 Å². The van der Waals surface area contributed by atoms with Crippen LogP contribution in [0.25, 0.3) is 5.69 Å². The zero-order chi connectivity index (χ0) is 24.0. The molecule has 0 aliphatic carbocycles. The summed E-state index contributed by atoms with van der Waals surface area (Å²) >= 11 is 0. The number of sulfonamides is 1. The standard InChI is InChI=1S/C19H19F3N6O4S/c1-12-17(13(2)32-24-12)33(30,31)27-9-7-26(8-10-27)18(29)15-11-28(25-23-15)16-6-4-3-5-14(16)19(20,21)22/h3-6,11H,7-10H2,1-2H3. The molecule has 14 heteroatoms. The molecule has 3 heterocycles. The highest BCUT2D eigenvalue weighted by Crippen LogP contribution is 2.33. The topological polar surface area (TPSA) is 114 Å². The first-order valence-electron chi connectivity index (χ1n) is 9.81. The fourth-order valence-electron chi connectivity index (χ4n) is 3.66. The third-order valence-electron chi connectivity index (χ3n) is 5.26. The second-order valence-electron chi connectivity index (χ2n) is 7.41. The lowest BCUT2D eigenvalue weighted by atomic mass is 10.1. The van der Waals surface area contributed by atoms with Crippen molar-refractivity contribution in [1.82, 2.24) is 29.4 Å². The van der Waals surface area contributed by atoms with Crippen LogP contribution in [0.2, 0.25) is 0 Å². The van der Waals surface area contributed by atoms with E-state index in [4.69, 9.17) is 4.52 Å². The van der Waals surface area contributed by atoms with Crippen molar-refractivity contribution in [2.45, 2.75) is 24.9 Å². The Morgan fingerprint density at radius 1 is 1.09 bits per heavy atom. The van der Waals surface area contributed by atoms with Gasteiger partial charge >= 0.3 is 6.18 Å². The number of aromatic nitrogens is 4. The smallest absolute Gasteiger partial charge is 0.360 e. The number of rotatable bonds is 4. The summed E-state index contributed by atoms with van der Waals surface area (Å²) in [6.07, 6.45) is -3.48. The molecular formula is C19H19F3N6O4S. The van der Waals surface area contributed by atoms with Crippen LogP contribution < -0.4 is 0 Å². The number of hydrogen-bond donors (Lipinski definition) is 0. The third kappa shape index (κ3) is 4.23. The molecule has 0 unspecified atom stereocenters. The van der Waals surface area contributed by atoms with E-state index in [1.54, 1.807) is 0 Å². The Balaban J connectivity index is 1.48. The largest absolute Gasteiger partial charge is 0.418 e. The number of halogens is 3. The third-order valence-corrected chi connectivity index (χ3v) is 7.40. The molecule has 1 saturated heterocycles. The number of para-hydroxylation sites is 1. The van der Waals surface area contributed by atoms with Crippen molar-refractivity contribution in [3.8, 4) is 5.69 Å². The average Bonchev–Trinajstić information content (AvgIpc) is 3.39. The van der Waals surface area contributed by atoms with Crippen LogP contribution in [-0.2, 0) is 16.2 Å². The minimum absolute atomic E-state index is 0.00792. The summed E-state index contributed by atoms with van der Waals surface area (Å²) in [6, 6.07) is 4.82. The predicted octanol–water partition coefficient (Wildman–Crippen LogP) is 2.04. The molecular weight excluding hydrogens is 465 g/mol. The highest BCUT2D eigenvalue weighted by molar-refractivity contribution is 7.89. The van der Waals surface area contributed by atoms with Gasteiger partial charge < -0.3 is 9.42 Å². The molecule has 1 aromatic carbocycles. The van der Waals surface area contributed by atoms with Crippen LogP contribution in [0.5, 0.6) is 0 Å². The molecule has 0 spiro atoms. The summed E-state index contributed by atoms with van der Waals surface area (Å²) < 4.78 is 72.7. The van der Waals surface area contributed by atoms with Crippen LogP contribution in [0.3, 0.4) is 0 Å². The lowest BCUT2D eigenvalue weighted by Crippen LogP contribution is -2.50. The lowest BCUT2D eigenvalue weighted by Gasteiger charge is -2.33. The molecule has 0 saturated carbocycles. The van der Waals surface area contributed by atoms with Crippen molar-refractivity contribution in [1.29, 1.82) is 0 Å². The molecule has 1 amide bonds. The zero-order valence-electron chi connectivity index (χ0n) is 17.6. The van der Waals surface area contributed by atoms with Gasteiger partial charge in [0.1, 0.15) is 10.6 Å². The van der Waals surface area contributed by atoms with E-state index < -0.39 is 27.7 Å². The van der Waals surface area contributed by atoms with Crippen LogP contribution in [0.4, 0.5) is 13.2 Å². The first kappa shape index (κ1) is 22.9. The second-order valence-corrected chi connectivity index (χ2v) is 9.29. The van der Waals surface area contributed by atoms with E-state index in [1.165, 1.54) is 41.3 Å². The van der Waals surface area contributed by atoms with Crippen molar-refractivity contribution < 1.29 is 30.9 Å². The Bertz CT molecular complexity index is 1270. The Labute approximate surface area is 186 Å². The summed E-state index contributed by atoms with van der Waals surface area (Å²) in [5.74, 6) is -0.373. The molecule has 2 aromatic heterocycles. The Kier molecular flexibility index (Phi) is 5.74. The first-order valence-corrected chi connectivity index (χ1v) is 11.3. The molecule has 176 valence electrons. The summed E-state index contributed by atoms with van der Waals surface area (Å²) in [5, 5.41) is 11.1. The van der Waals surface area contributed by atoms with Gasteiger partial charge in [0.15, 0.2) is 11.5 Å². The van der Waals surface area contributed by atoms with E-state index in [0.29, 0.717) is 0 Å². The fraction of sp³-hybridized carbons (Fsp3) is 0.368. The van der Waals surface area contributed by atoms with Gasteiger partial charge in [-0.2, -0.15) is 17.5 Å². The minimum Gasteiger partial charge on any atom is -0.360 e. The van der Waals surface area contributed by atoms with Gasteiger partial charge in [-0.05, 0) is 26.0 Å². The number of alkyl halides is 3.